The normalized spacial score (nSPS) is 11.4. The highest BCUT2D eigenvalue weighted by atomic mass is 16.2. The molecule has 0 bridgehead atoms. The van der Waals surface area contributed by atoms with E-state index in [9.17, 15) is 9.59 Å². The smallest absolute Gasteiger partial charge is 0.314 e. The number of hydrogen-bond donors (Lipinski definition) is 2. The second-order valence-corrected chi connectivity index (χ2v) is 4.75. The van der Waals surface area contributed by atoms with E-state index in [0.29, 0.717) is 11.0 Å². The average Bonchev–Trinajstić information content (AvgIpc) is 2.49. The molecule has 4 rings (SSSR count). The van der Waals surface area contributed by atoms with Gasteiger partial charge in [0.2, 0.25) is 0 Å². The first-order valence-corrected chi connectivity index (χ1v) is 6.31. The lowest BCUT2D eigenvalue weighted by molar-refractivity contribution is 1.16. The molecule has 0 spiro atoms. The standard InChI is InChI=1S/C16H10N2O2/c19-15-16(20)18-14-12-8-4-2-6-10(12)9-5-1-3-7-11(9)13(14)17-15/h1-8H,(H,17,19)(H,18,20). The molecule has 3 aromatic carbocycles. The minimum Gasteiger partial charge on any atom is -0.315 e. The molecule has 0 atom stereocenters. The molecule has 0 aliphatic carbocycles. The molecule has 96 valence electrons. The number of benzene rings is 3. The van der Waals surface area contributed by atoms with Gasteiger partial charge in [-0.25, -0.2) is 0 Å². The fraction of sp³-hybridized carbons (Fsp3) is 0. The van der Waals surface area contributed by atoms with Gasteiger partial charge in [-0.1, -0.05) is 48.5 Å². The maximum Gasteiger partial charge on any atom is 0.314 e. The highest BCUT2D eigenvalue weighted by Gasteiger charge is 2.09. The highest BCUT2D eigenvalue weighted by Crippen LogP contribution is 2.31. The third-order valence-corrected chi connectivity index (χ3v) is 3.62. The number of rotatable bonds is 0. The van der Waals surface area contributed by atoms with Gasteiger partial charge in [0.15, 0.2) is 0 Å². The molecule has 0 saturated heterocycles. The number of H-pyrrole nitrogens is 2. The van der Waals surface area contributed by atoms with Crippen LogP contribution in [0.15, 0.2) is 58.1 Å². The molecule has 0 unspecified atom stereocenters. The first-order valence-electron chi connectivity index (χ1n) is 6.31. The number of aromatic amines is 2. The predicted molar refractivity (Wildman–Crippen MR) is 80.2 cm³/mol. The van der Waals surface area contributed by atoms with Crippen LogP contribution in [0.5, 0.6) is 0 Å². The highest BCUT2D eigenvalue weighted by molar-refractivity contribution is 6.22. The van der Waals surface area contributed by atoms with Gasteiger partial charge in [-0.15, -0.1) is 0 Å². The summed E-state index contributed by atoms with van der Waals surface area (Å²) in [6, 6.07) is 15.7. The summed E-state index contributed by atoms with van der Waals surface area (Å²) in [5.41, 5.74) is 0.0867. The first kappa shape index (κ1) is 11.0. The van der Waals surface area contributed by atoms with Crippen molar-refractivity contribution in [1.29, 1.82) is 0 Å². The van der Waals surface area contributed by atoms with Gasteiger partial charge in [0.05, 0.1) is 11.0 Å². The number of fused-ring (bicyclic) bond motifs is 6. The summed E-state index contributed by atoms with van der Waals surface area (Å²) in [7, 11) is 0. The molecule has 4 heteroatoms. The van der Waals surface area contributed by atoms with Crippen LogP contribution >= 0.6 is 0 Å². The molecule has 2 N–H and O–H groups in total. The van der Waals surface area contributed by atoms with E-state index < -0.39 is 11.1 Å². The number of nitrogens with one attached hydrogen (secondary N) is 2. The molecule has 4 nitrogen and oxygen atoms in total. The Morgan fingerprint density at radius 1 is 0.550 bits per heavy atom. The lowest BCUT2D eigenvalue weighted by atomic mass is 10.00. The lowest BCUT2D eigenvalue weighted by Crippen LogP contribution is -2.29. The molecule has 0 saturated carbocycles. The average molecular weight is 262 g/mol. The second-order valence-electron chi connectivity index (χ2n) is 4.75. The Kier molecular flexibility index (Phi) is 2.09. The molecule has 0 aliphatic heterocycles. The summed E-state index contributed by atoms with van der Waals surface area (Å²) in [5.74, 6) is 0. The van der Waals surface area contributed by atoms with Crippen molar-refractivity contribution in [2.75, 3.05) is 0 Å². The van der Waals surface area contributed by atoms with Crippen molar-refractivity contribution in [1.82, 2.24) is 9.97 Å². The van der Waals surface area contributed by atoms with Gasteiger partial charge in [-0.05, 0) is 10.8 Å². The number of hydrogen-bond acceptors (Lipinski definition) is 2. The molecule has 1 heterocycles. The zero-order valence-electron chi connectivity index (χ0n) is 10.4. The van der Waals surface area contributed by atoms with Crippen molar-refractivity contribution in [2.45, 2.75) is 0 Å². The zero-order valence-corrected chi connectivity index (χ0v) is 10.4. The summed E-state index contributed by atoms with van der Waals surface area (Å²) >= 11 is 0. The van der Waals surface area contributed by atoms with Gasteiger partial charge in [-0.2, -0.15) is 0 Å². The van der Waals surface area contributed by atoms with Crippen molar-refractivity contribution < 1.29 is 0 Å². The van der Waals surface area contributed by atoms with Crippen LogP contribution in [0.3, 0.4) is 0 Å². The van der Waals surface area contributed by atoms with Crippen LogP contribution in [0.25, 0.3) is 32.6 Å². The van der Waals surface area contributed by atoms with Crippen molar-refractivity contribution in [2.24, 2.45) is 0 Å². The van der Waals surface area contributed by atoms with Crippen LogP contribution in [0.1, 0.15) is 0 Å². The maximum absolute atomic E-state index is 11.6. The monoisotopic (exact) mass is 262 g/mol. The molecule has 0 fully saturated rings. The van der Waals surface area contributed by atoms with E-state index >= 15 is 0 Å². The molecule has 1 aromatic heterocycles. The predicted octanol–water partition coefficient (Wildman–Crippen LogP) is 2.52. The molecular formula is C16H10N2O2. The van der Waals surface area contributed by atoms with Crippen LogP contribution < -0.4 is 11.1 Å². The Morgan fingerprint density at radius 2 is 0.900 bits per heavy atom. The van der Waals surface area contributed by atoms with Gasteiger partial charge in [0, 0.05) is 10.8 Å². The molecule has 0 radical (unpaired) electrons. The summed E-state index contributed by atoms with van der Waals surface area (Å²) in [6.07, 6.45) is 0. The van der Waals surface area contributed by atoms with E-state index in [1.165, 1.54) is 0 Å². The van der Waals surface area contributed by atoms with E-state index in [0.717, 1.165) is 21.5 Å². The summed E-state index contributed by atoms with van der Waals surface area (Å²) < 4.78 is 0. The Bertz CT molecular complexity index is 1000. The quantitative estimate of drug-likeness (QED) is 0.378. The van der Waals surface area contributed by atoms with Crippen LogP contribution in [-0.2, 0) is 0 Å². The van der Waals surface area contributed by atoms with Crippen LogP contribution in [0, 0.1) is 0 Å². The summed E-state index contributed by atoms with van der Waals surface area (Å²) in [6.45, 7) is 0. The Hall–Kier alpha value is -2.88. The fourth-order valence-electron chi connectivity index (χ4n) is 2.74. The number of aromatic nitrogens is 2. The van der Waals surface area contributed by atoms with Crippen molar-refractivity contribution in [3.05, 3.63) is 69.2 Å². The lowest BCUT2D eigenvalue weighted by Gasteiger charge is -2.08. The SMILES string of the molecule is O=c1[nH]c2c3ccccc3c3ccccc3c2[nH]c1=O. The van der Waals surface area contributed by atoms with E-state index in [1.54, 1.807) is 0 Å². The van der Waals surface area contributed by atoms with Gasteiger partial charge in [0.25, 0.3) is 0 Å². The third-order valence-electron chi connectivity index (χ3n) is 3.62. The fourth-order valence-corrected chi connectivity index (χ4v) is 2.74. The topological polar surface area (TPSA) is 65.7 Å². The van der Waals surface area contributed by atoms with Crippen molar-refractivity contribution >= 4 is 32.6 Å². The molecule has 0 amide bonds. The summed E-state index contributed by atoms with van der Waals surface area (Å²) in [4.78, 5) is 28.6. The largest absolute Gasteiger partial charge is 0.315 e. The molecule has 4 aromatic rings. The van der Waals surface area contributed by atoms with E-state index in [-0.39, 0.29) is 0 Å². The minimum atomic E-state index is -0.627. The van der Waals surface area contributed by atoms with Gasteiger partial charge >= 0.3 is 11.1 Å². The van der Waals surface area contributed by atoms with Gasteiger partial charge in [-0.3, -0.25) is 9.59 Å². The zero-order chi connectivity index (χ0) is 13.7. The molecular weight excluding hydrogens is 252 g/mol. The minimum absolute atomic E-state index is 0.627. The maximum atomic E-state index is 11.6. The molecule has 0 aliphatic rings. The van der Waals surface area contributed by atoms with Crippen LogP contribution in [0.4, 0.5) is 0 Å². The van der Waals surface area contributed by atoms with Gasteiger partial charge < -0.3 is 9.97 Å². The third kappa shape index (κ3) is 1.36. The Morgan fingerprint density at radius 3 is 1.30 bits per heavy atom. The Balaban J connectivity index is 2.49. The van der Waals surface area contributed by atoms with E-state index in [1.807, 2.05) is 48.5 Å². The van der Waals surface area contributed by atoms with Crippen LogP contribution in [-0.4, -0.2) is 9.97 Å². The van der Waals surface area contributed by atoms with Crippen molar-refractivity contribution in [3.63, 3.8) is 0 Å². The van der Waals surface area contributed by atoms with E-state index in [2.05, 4.69) is 9.97 Å². The van der Waals surface area contributed by atoms with E-state index in [4.69, 9.17) is 0 Å². The Labute approximate surface area is 112 Å². The summed E-state index contributed by atoms with van der Waals surface area (Å²) in [5, 5.41) is 3.96. The first-order chi connectivity index (χ1) is 9.75. The van der Waals surface area contributed by atoms with Gasteiger partial charge in [0.1, 0.15) is 0 Å². The van der Waals surface area contributed by atoms with Crippen LogP contribution in [0.2, 0.25) is 0 Å². The second kappa shape index (κ2) is 3.81. The molecule has 20 heavy (non-hydrogen) atoms. The van der Waals surface area contributed by atoms with Crippen molar-refractivity contribution in [3.8, 4) is 0 Å².